The van der Waals surface area contributed by atoms with Gasteiger partial charge in [-0.15, -0.1) is 0 Å². The summed E-state index contributed by atoms with van der Waals surface area (Å²) in [4.78, 5) is 20.6. The van der Waals surface area contributed by atoms with Gasteiger partial charge in [-0.25, -0.2) is 9.97 Å². The molecular formula is C14H13ClIN3OS. The standard InChI is InChI=1S/C14H13ClIN3OS/c1-2-7-21-14-17-8-11(15)12(19-14)13(20)18-10-5-3-9(16)4-6-10/h3-6,8H,2,7H2,1H3,(H,18,20). The maximum atomic E-state index is 12.2. The molecule has 1 N–H and O–H groups in total. The molecule has 2 rings (SSSR count). The van der Waals surface area contributed by atoms with E-state index in [4.69, 9.17) is 11.6 Å². The summed E-state index contributed by atoms with van der Waals surface area (Å²) in [6.07, 6.45) is 2.48. The second kappa shape index (κ2) is 7.95. The summed E-state index contributed by atoms with van der Waals surface area (Å²) in [6.45, 7) is 2.08. The molecule has 0 fully saturated rings. The molecule has 0 bridgehead atoms. The van der Waals surface area contributed by atoms with Crippen LogP contribution in [0.2, 0.25) is 5.02 Å². The Labute approximate surface area is 146 Å². The van der Waals surface area contributed by atoms with Crippen molar-refractivity contribution in [1.29, 1.82) is 0 Å². The highest BCUT2D eigenvalue weighted by molar-refractivity contribution is 14.1. The predicted molar refractivity (Wildman–Crippen MR) is 95.2 cm³/mol. The van der Waals surface area contributed by atoms with Crippen LogP contribution >= 0.6 is 46.0 Å². The Morgan fingerprint density at radius 2 is 2.10 bits per heavy atom. The van der Waals surface area contributed by atoms with Crippen LogP contribution in [0.5, 0.6) is 0 Å². The van der Waals surface area contributed by atoms with Crippen molar-refractivity contribution < 1.29 is 4.79 Å². The van der Waals surface area contributed by atoms with Crippen molar-refractivity contribution in [2.24, 2.45) is 0 Å². The number of hydrogen-bond acceptors (Lipinski definition) is 4. The van der Waals surface area contributed by atoms with Crippen molar-refractivity contribution in [2.75, 3.05) is 11.1 Å². The number of benzene rings is 1. The number of nitrogens with one attached hydrogen (secondary N) is 1. The molecule has 0 radical (unpaired) electrons. The lowest BCUT2D eigenvalue weighted by Crippen LogP contribution is -2.15. The number of rotatable bonds is 5. The first-order chi connectivity index (χ1) is 10.1. The Morgan fingerprint density at radius 3 is 2.76 bits per heavy atom. The molecule has 0 saturated heterocycles. The molecule has 0 aliphatic heterocycles. The number of halogens is 2. The normalized spacial score (nSPS) is 10.4. The van der Waals surface area contributed by atoms with E-state index in [9.17, 15) is 4.79 Å². The van der Waals surface area contributed by atoms with Crippen LogP contribution in [0.1, 0.15) is 23.8 Å². The van der Waals surface area contributed by atoms with Crippen LogP contribution in [0.4, 0.5) is 5.69 Å². The second-order valence-corrected chi connectivity index (χ2v) is 6.87. The van der Waals surface area contributed by atoms with Crippen LogP contribution in [0.15, 0.2) is 35.6 Å². The van der Waals surface area contributed by atoms with Gasteiger partial charge in [-0.3, -0.25) is 4.79 Å². The molecule has 0 saturated carbocycles. The van der Waals surface area contributed by atoms with Crippen molar-refractivity contribution in [3.63, 3.8) is 0 Å². The highest BCUT2D eigenvalue weighted by Crippen LogP contribution is 2.20. The fraction of sp³-hybridized carbons (Fsp3) is 0.214. The second-order valence-electron chi connectivity index (χ2n) is 4.16. The Hall–Kier alpha value is -0.860. The SMILES string of the molecule is CCCSc1ncc(Cl)c(C(=O)Nc2ccc(I)cc2)n1. The zero-order valence-electron chi connectivity index (χ0n) is 11.3. The quantitative estimate of drug-likeness (QED) is 0.429. The highest BCUT2D eigenvalue weighted by atomic mass is 127. The van der Waals surface area contributed by atoms with Gasteiger partial charge in [-0.05, 0) is 53.3 Å². The van der Waals surface area contributed by atoms with Gasteiger partial charge in [-0.2, -0.15) is 0 Å². The molecule has 1 amide bonds. The lowest BCUT2D eigenvalue weighted by molar-refractivity contribution is 0.102. The number of amides is 1. The number of carbonyl (C=O) groups excluding carboxylic acids is 1. The third-order valence-corrected chi connectivity index (χ3v) is 4.54. The zero-order valence-corrected chi connectivity index (χ0v) is 15.0. The summed E-state index contributed by atoms with van der Waals surface area (Å²) in [7, 11) is 0. The average Bonchev–Trinajstić information content (AvgIpc) is 2.48. The fourth-order valence-corrected chi connectivity index (χ4v) is 2.70. The van der Waals surface area contributed by atoms with Gasteiger partial charge in [-0.1, -0.05) is 30.3 Å². The van der Waals surface area contributed by atoms with E-state index in [0.717, 1.165) is 15.7 Å². The van der Waals surface area contributed by atoms with E-state index in [1.54, 1.807) is 0 Å². The molecule has 1 aromatic heterocycles. The summed E-state index contributed by atoms with van der Waals surface area (Å²) in [5, 5.41) is 3.60. The average molecular weight is 434 g/mol. The summed E-state index contributed by atoms with van der Waals surface area (Å²) in [5.41, 5.74) is 0.904. The van der Waals surface area contributed by atoms with E-state index < -0.39 is 0 Å². The Balaban J connectivity index is 2.15. The molecule has 0 unspecified atom stereocenters. The first-order valence-electron chi connectivity index (χ1n) is 6.32. The van der Waals surface area contributed by atoms with Gasteiger partial charge in [0.1, 0.15) is 0 Å². The van der Waals surface area contributed by atoms with Crippen molar-refractivity contribution in [2.45, 2.75) is 18.5 Å². The highest BCUT2D eigenvalue weighted by Gasteiger charge is 2.14. The van der Waals surface area contributed by atoms with E-state index in [-0.39, 0.29) is 16.6 Å². The number of anilines is 1. The lowest BCUT2D eigenvalue weighted by Gasteiger charge is -2.07. The topological polar surface area (TPSA) is 54.9 Å². The van der Waals surface area contributed by atoms with Crippen LogP contribution in [-0.4, -0.2) is 21.6 Å². The Morgan fingerprint density at radius 1 is 1.38 bits per heavy atom. The molecule has 0 aliphatic carbocycles. The van der Waals surface area contributed by atoms with Crippen molar-refractivity contribution in [1.82, 2.24) is 9.97 Å². The molecule has 7 heteroatoms. The monoisotopic (exact) mass is 433 g/mol. The number of hydrogen-bond donors (Lipinski definition) is 1. The largest absolute Gasteiger partial charge is 0.321 e. The van der Waals surface area contributed by atoms with E-state index in [0.29, 0.717) is 10.8 Å². The van der Waals surface area contributed by atoms with E-state index >= 15 is 0 Å². The van der Waals surface area contributed by atoms with Crippen LogP contribution in [0.3, 0.4) is 0 Å². The third-order valence-electron chi connectivity index (χ3n) is 2.47. The maximum absolute atomic E-state index is 12.2. The minimum atomic E-state index is -0.332. The molecule has 110 valence electrons. The fourth-order valence-electron chi connectivity index (χ4n) is 1.50. The molecule has 21 heavy (non-hydrogen) atoms. The number of thioether (sulfide) groups is 1. The van der Waals surface area contributed by atoms with Gasteiger partial charge in [0.2, 0.25) is 0 Å². The number of carbonyl (C=O) groups is 1. The summed E-state index contributed by atoms with van der Waals surface area (Å²) in [5.74, 6) is 0.571. The maximum Gasteiger partial charge on any atom is 0.275 e. The Bertz CT molecular complexity index is 637. The molecule has 1 aromatic carbocycles. The van der Waals surface area contributed by atoms with Crippen molar-refractivity contribution in [3.05, 3.63) is 44.7 Å². The van der Waals surface area contributed by atoms with Crippen LogP contribution in [-0.2, 0) is 0 Å². The smallest absolute Gasteiger partial charge is 0.275 e. The summed E-state index contributed by atoms with van der Waals surface area (Å²) in [6, 6.07) is 7.50. The van der Waals surface area contributed by atoms with E-state index in [2.05, 4.69) is 44.8 Å². The molecule has 1 heterocycles. The van der Waals surface area contributed by atoms with Gasteiger partial charge in [0.25, 0.3) is 5.91 Å². The third kappa shape index (κ3) is 4.82. The minimum Gasteiger partial charge on any atom is -0.321 e. The van der Waals surface area contributed by atoms with Gasteiger partial charge < -0.3 is 5.32 Å². The first kappa shape index (κ1) is 16.5. The molecule has 0 atom stereocenters. The molecular weight excluding hydrogens is 421 g/mol. The molecule has 0 aliphatic rings. The van der Waals surface area contributed by atoms with Gasteiger partial charge in [0, 0.05) is 15.0 Å². The minimum absolute atomic E-state index is 0.198. The number of aromatic nitrogens is 2. The molecule has 4 nitrogen and oxygen atoms in total. The van der Waals surface area contributed by atoms with Crippen molar-refractivity contribution in [3.8, 4) is 0 Å². The van der Waals surface area contributed by atoms with Gasteiger partial charge in [0.15, 0.2) is 10.9 Å². The predicted octanol–water partition coefficient (Wildman–Crippen LogP) is 4.49. The summed E-state index contributed by atoms with van der Waals surface area (Å²) >= 11 is 9.73. The first-order valence-corrected chi connectivity index (χ1v) is 8.76. The zero-order chi connectivity index (χ0) is 15.2. The summed E-state index contributed by atoms with van der Waals surface area (Å²) < 4.78 is 1.10. The molecule has 0 spiro atoms. The van der Waals surface area contributed by atoms with Crippen LogP contribution in [0.25, 0.3) is 0 Å². The van der Waals surface area contributed by atoms with Crippen LogP contribution in [0, 0.1) is 3.57 Å². The van der Waals surface area contributed by atoms with Crippen LogP contribution < -0.4 is 5.32 Å². The Kier molecular flexibility index (Phi) is 6.25. The molecule has 2 aromatic rings. The van der Waals surface area contributed by atoms with E-state index in [1.807, 2.05) is 24.3 Å². The van der Waals surface area contributed by atoms with Crippen molar-refractivity contribution >= 4 is 57.5 Å². The lowest BCUT2D eigenvalue weighted by atomic mass is 10.3. The van der Waals surface area contributed by atoms with Gasteiger partial charge >= 0.3 is 0 Å². The number of nitrogens with zero attached hydrogens (tertiary/aromatic N) is 2. The van der Waals surface area contributed by atoms with E-state index in [1.165, 1.54) is 18.0 Å². The van der Waals surface area contributed by atoms with Gasteiger partial charge in [0.05, 0.1) is 11.2 Å².